The predicted octanol–water partition coefficient (Wildman–Crippen LogP) is 13.3. The Morgan fingerprint density at radius 1 is 0.647 bits per heavy atom. The van der Waals surface area contributed by atoms with Crippen molar-refractivity contribution in [2.75, 3.05) is 4.90 Å². The van der Waals surface area contributed by atoms with Crippen LogP contribution in [0.3, 0.4) is 0 Å². The molecular weight excluding hydrogens is 621 g/mol. The molecular formula is C48H38N2O. The maximum absolute atomic E-state index is 6.26. The maximum atomic E-state index is 6.26. The van der Waals surface area contributed by atoms with Crippen LogP contribution in [-0.2, 0) is 5.41 Å². The van der Waals surface area contributed by atoms with Crippen molar-refractivity contribution in [1.82, 2.24) is 4.98 Å². The van der Waals surface area contributed by atoms with Crippen LogP contribution < -0.4 is 4.90 Å². The van der Waals surface area contributed by atoms with E-state index in [9.17, 15) is 0 Å². The SMILES string of the molecule is CC1(C)C2=C(C(c3ccc(N(c4ccccc4)c4cccc5c4ccc4c5ccc5oc(C6=CCCC=C6)nc54)cc3)=CCC2)c2ccccc21. The highest BCUT2D eigenvalue weighted by molar-refractivity contribution is 6.18. The van der Waals surface area contributed by atoms with Gasteiger partial charge >= 0.3 is 0 Å². The molecule has 0 amide bonds. The van der Waals surface area contributed by atoms with E-state index >= 15 is 0 Å². The molecule has 3 heteroatoms. The second kappa shape index (κ2) is 11.6. The van der Waals surface area contributed by atoms with Crippen LogP contribution in [0.2, 0.25) is 0 Å². The highest BCUT2D eigenvalue weighted by Crippen LogP contribution is 2.54. The Hall–Kier alpha value is -5.93. The molecule has 7 aromatic rings. The molecule has 0 saturated heterocycles. The number of benzene rings is 6. The lowest BCUT2D eigenvalue weighted by molar-refractivity contribution is 0.585. The minimum atomic E-state index is 0.0556. The molecule has 3 aliphatic rings. The van der Waals surface area contributed by atoms with Crippen molar-refractivity contribution in [3.63, 3.8) is 0 Å². The van der Waals surface area contributed by atoms with Gasteiger partial charge in [0.1, 0.15) is 5.52 Å². The van der Waals surface area contributed by atoms with Crippen LogP contribution in [0.4, 0.5) is 17.1 Å². The van der Waals surface area contributed by atoms with E-state index in [0.29, 0.717) is 5.89 Å². The highest BCUT2D eigenvalue weighted by atomic mass is 16.3. The highest BCUT2D eigenvalue weighted by Gasteiger charge is 2.39. The molecule has 1 aromatic heterocycles. The molecule has 0 spiro atoms. The quantitative estimate of drug-likeness (QED) is 0.172. The molecule has 0 bridgehead atoms. The Bertz CT molecular complexity index is 2650. The average Bonchev–Trinajstić information content (AvgIpc) is 3.73. The van der Waals surface area contributed by atoms with Crippen LogP contribution in [0, 0.1) is 0 Å². The molecule has 3 aliphatic carbocycles. The first kappa shape index (κ1) is 29.9. The van der Waals surface area contributed by atoms with E-state index in [1.807, 2.05) is 0 Å². The molecule has 1 heterocycles. The number of hydrogen-bond donors (Lipinski definition) is 0. The van der Waals surface area contributed by atoms with Crippen LogP contribution in [0.1, 0.15) is 62.1 Å². The number of aromatic nitrogens is 1. The predicted molar refractivity (Wildman–Crippen MR) is 214 cm³/mol. The summed E-state index contributed by atoms with van der Waals surface area (Å²) in [5.74, 6) is 0.693. The molecule has 246 valence electrons. The largest absolute Gasteiger partial charge is 0.436 e. The lowest BCUT2D eigenvalue weighted by Crippen LogP contribution is -2.17. The molecule has 0 fully saturated rings. The number of hydrogen-bond acceptors (Lipinski definition) is 3. The molecule has 0 aliphatic heterocycles. The molecule has 0 saturated carbocycles. The number of oxazole rings is 1. The molecule has 10 rings (SSSR count). The van der Waals surface area contributed by atoms with E-state index in [1.54, 1.807) is 5.57 Å². The molecule has 0 N–H and O–H groups in total. The van der Waals surface area contributed by atoms with E-state index < -0.39 is 0 Å². The first-order chi connectivity index (χ1) is 25.1. The van der Waals surface area contributed by atoms with Crippen molar-refractivity contribution < 1.29 is 4.42 Å². The number of nitrogens with zero attached hydrogens (tertiary/aromatic N) is 2. The summed E-state index contributed by atoms with van der Waals surface area (Å²) in [6.45, 7) is 4.79. The Morgan fingerprint density at radius 3 is 2.25 bits per heavy atom. The lowest BCUT2D eigenvalue weighted by Gasteiger charge is -2.28. The number of allylic oxidation sites excluding steroid dienone is 8. The Kier molecular flexibility index (Phi) is 6.79. The third-order valence-corrected chi connectivity index (χ3v) is 11.3. The smallest absolute Gasteiger partial charge is 0.226 e. The zero-order valence-corrected chi connectivity index (χ0v) is 29.0. The van der Waals surface area contributed by atoms with E-state index in [1.165, 1.54) is 44.0 Å². The van der Waals surface area contributed by atoms with Crippen LogP contribution in [0.25, 0.3) is 49.4 Å². The third kappa shape index (κ3) is 4.68. The molecule has 6 aromatic carbocycles. The summed E-state index contributed by atoms with van der Waals surface area (Å²) < 4.78 is 6.26. The minimum absolute atomic E-state index is 0.0556. The summed E-state index contributed by atoms with van der Waals surface area (Å²) in [6.07, 6.45) is 13.3. The molecule has 0 atom stereocenters. The van der Waals surface area contributed by atoms with Crippen molar-refractivity contribution in [2.45, 2.75) is 44.9 Å². The van der Waals surface area contributed by atoms with Gasteiger partial charge in [0.25, 0.3) is 0 Å². The minimum Gasteiger partial charge on any atom is -0.436 e. The normalized spacial score (nSPS) is 16.4. The van der Waals surface area contributed by atoms with Crippen molar-refractivity contribution in [3.8, 4) is 0 Å². The summed E-state index contributed by atoms with van der Waals surface area (Å²) >= 11 is 0. The second-order valence-corrected chi connectivity index (χ2v) is 14.5. The fourth-order valence-corrected chi connectivity index (χ4v) is 8.79. The zero-order chi connectivity index (χ0) is 34.1. The van der Waals surface area contributed by atoms with Crippen molar-refractivity contribution >= 4 is 66.4 Å². The van der Waals surface area contributed by atoms with Crippen LogP contribution >= 0.6 is 0 Å². The van der Waals surface area contributed by atoms with Gasteiger partial charge in [0.2, 0.25) is 5.89 Å². The van der Waals surface area contributed by atoms with E-state index in [2.05, 4.69) is 164 Å². The summed E-state index contributed by atoms with van der Waals surface area (Å²) in [6, 6.07) is 44.3. The third-order valence-electron chi connectivity index (χ3n) is 11.3. The Balaban J connectivity index is 1.08. The van der Waals surface area contributed by atoms with E-state index in [-0.39, 0.29) is 5.41 Å². The summed E-state index contributed by atoms with van der Waals surface area (Å²) in [7, 11) is 0. The van der Waals surface area contributed by atoms with Gasteiger partial charge in [-0.1, -0.05) is 123 Å². The number of rotatable bonds is 5. The first-order valence-electron chi connectivity index (χ1n) is 18.2. The van der Waals surface area contributed by atoms with Crippen molar-refractivity contribution in [2.24, 2.45) is 0 Å². The Morgan fingerprint density at radius 2 is 1.41 bits per heavy atom. The zero-order valence-electron chi connectivity index (χ0n) is 29.0. The van der Waals surface area contributed by atoms with Gasteiger partial charge in [-0.05, 0) is 107 Å². The maximum Gasteiger partial charge on any atom is 0.226 e. The molecule has 3 nitrogen and oxygen atoms in total. The monoisotopic (exact) mass is 658 g/mol. The molecule has 51 heavy (non-hydrogen) atoms. The number of fused-ring (bicyclic) bond motifs is 7. The summed E-state index contributed by atoms with van der Waals surface area (Å²) in [5, 5.41) is 4.66. The standard InChI is InChI=1S/C48H38N2O/c1-48(2)41-20-10-9-17-40(41)45-35(18-11-21-42(45)48)31-23-25-34(26-24-31)50(33-15-7-4-8-16-33)43-22-12-19-36-37-29-30-44-46(39(37)28-27-38(36)43)49-47(51-44)32-13-5-3-6-14-32/h4-5,7-10,12-20,22-30H,3,6,11,21H2,1-2H3. The van der Waals surface area contributed by atoms with Crippen molar-refractivity contribution in [3.05, 3.63) is 174 Å². The van der Waals surface area contributed by atoms with Gasteiger partial charge in [-0.2, -0.15) is 0 Å². The van der Waals surface area contributed by atoms with E-state index in [4.69, 9.17) is 9.40 Å². The fourth-order valence-electron chi connectivity index (χ4n) is 8.79. The number of para-hydroxylation sites is 1. The fraction of sp³-hybridized carbons (Fsp3) is 0.146. The van der Waals surface area contributed by atoms with Crippen LogP contribution in [-0.4, -0.2) is 4.98 Å². The van der Waals surface area contributed by atoms with Crippen molar-refractivity contribution in [1.29, 1.82) is 0 Å². The van der Waals surface area contributed by atoms with Gasteiger partial charge in [-0.25, -0.2) is 4.98 Å². The Labute approximate surface area is 298 Å². The summed E-state index contributed by atoms with van der Waals surface area (Å²) in [4.78, 5) is 7.40. The van der Waals surface area contributed by atoms with Gasteiger partial charge in [0, 0.05) is 33.1 Å². The molecule has 0 unspecified atom stereocenters. The second-order valence-electron chi connectivity index (χ2n) is 14.5. The lowest BCUT2D eigenvalue weighted by atomic mass is 9.77. The van der Waals surface area contributed by atoms with E-state index in [0.717, 1.165) is 64.8 Å². The van der Waals surface area contributed by atoms with Gasteiger partial charge in [-0.15, -0.1) is 0 Å². The van der Waals surface area contributed by atoms with Gasteiger partial charge in [0.05, 0.1) is 5.69 Å². The van der Waals surface area contributed by atoms with Crippen LogP contribution in [0.5, 0.6) is 0 Å². The van der Waals surface area contributed by atoms with Gasteiger partial charge < -0.3 is 9.32 Å². The first-order valence-corrected chi connectivity index (χ1v) is 18.2. The molecule has 0 radical (unpaired) electrons. The van der Waals surface area contributed by atoms with Gasteiger partial charge in [-0.3, -0.25) is 0 Å². The number of anilines is 3. The average molecular weight is 659 g/mol. The summed E-state index contributed by atoms with van der Waals surface area (Å²) in [5.41, 5.74) is 14.7. The van der Waals surface area contributed by atoms with Gasteiger partial charge in [0.15, 0.2) is 5.58 Å². The topological polar surface area (TPSA) is 29.3 Å². The van der Waals surface area contributed by atoms with Crippen LogP contribution in [0.15, 0.2) is 156 Å².